The van der Waals surface area contributed by atoms with Crippen LogP contribution < -0.4 is 11.1 Å². The van der Waals surface area contributed by atoms with Gasteiger partial charge in [-0.3, -0.25) is 9.48 Å². The number of amides is 1. The third kappa shape index (κ3) is 3.50. The van der Waals surface area contributed by atoms with E-state index < -0.39 is 0 Å². The van der Waals surface area contributed by atoms with E-state index in [0.717, 1.165) is 11.3 Å². The highest BCUT2D eigenvalue weighted by molar-refractivity contribution is 6.06. The van der Waals surface area contributed by atoms with Gasteiger partial charge in [0.2, 0.25) is 0 Å². The summed E-state index contributed by atoms with van der Waals surface area (Å²) in [5, 5.41) is 7.07. The van der Waals surface area contributed by atoms with E-state index in [0.29, 0.717) is 16.8 Å². The van der Waals surface area contributed by atoms with Gasteiger partial charge in [-0.1, -0.05) is 23.5 Å². The number of benzene rings is 1. The van der Waals surface area contributed by atoms with E-state index in [2.05, 4.69) is 22.3 Å². The molecule has 2 rings (SSSR count). The fourth-order valence-electron chi connectivity index (χ4n) is 2.01. The van der Waals surface area contributed by atoms with Crippen LogP contribution in [0.4, 0.5) is 5.69 Å². The molecule has 3 N–H and O–H groups in total. The molecule has 2 aromatic rings. The van der Waals surface area contributed by atoms with Gasteiger partial charge in [0.1, 0.15) is 0 Å². The third-order valence-electron chi connectivity index (χ3n) is 3.01. The van der Waals surface area contributed by atoms with Crippen molar-refractivity contribution in [2.75, 3.05) is 11.9 Å². The molecule has 0 spiro atoms. The van der Waals surface area contributed by atoms with Gasteiger partial charge >= 0.3 is 0 Å². The third-order valence-corrected chi connectivity index (χ3v) is 3.01. The lowest BCUT2D eigenvalue weighted by atomic mass is 10.0. The zero-order valence-electron chi connectivity index (χ0n) is 12.4. The van der Waals surface area contributed by atoms with Crippen molar-refractivity contribution < 1.29 is 4.79 Å². The molecule has 5 nitrogen and oxygen atoms in total. The van der Waals surface area contributed by atoms with Crippen molar-refractivity contribution in [3.05, 3.63) is 46.8 Å². The number of carbonyl (C=O) groups is 1. The van der Waals surface area contributed by atoms with Gasteiger partial charge in [-0.2, -0.15) is 5.10 Å². The van der Waals surface area contributed by atoms with Gasteiger partial charge in [0.25, 0.3) is 5.91 Å². The summed E-state index contributed by atoms with van der Waals surface area (Å²) in [7, 11) is 1.81. The molecular weight excluding hydrogens is 264 g/mol. The summed E-state index contributed by atoms with van der Waals surface area (Å²) >= 11 is 0. The van der Waals surface area contributed by atoms with Gasteiger partial charge in [-0.05, 0) is 26.0 Å². The van der Waals surface area contributed by atoms with Crippen molar-refractivity contribution in [3.63, 3.8) is 0 Å². The first-order valence-corrected chi connectivity index (χ1v) is 6.62. The van der Waals surface area contributed by atoms with Crippen LogP contribution in [0.15, 0.2) is 24.4 Å². The number of anilines is 1. The normalized spacial score (nSPS) is 9.90. The number of rotatable bonds is 2. The molecule has 0 saturated carbocycles. The minimum absolute atomic E-state index is 0.198. The first-order valence-electron chi connectivity index (χ1n) is 6.62. The molecule has 0 bridgehead atoms. The lowest BCUT2D eigenvalue weighted by molar-refractivity contribution is 0.102. The molecule has 0 radical (unpaired) electrons. The molecule has 0 fully saturated rings. The molecule has 1 aromatic heterocycles. The molecule has 108 valence electrons. The monoisotopic (exact) mass is 282 g/mol. The quantitative estimate of drug-likeness (QED) is 0.822. The van der Waals surface area contributed by atoms with E-state index in [9.17, 15) is 4.79 Å². The zero-order valence-corrected chi connectivity index (χ0v) is 12.4. The highest BCUT2D eigenvalue weighted by atomic mass is 16.1. The molecule has 0 saturated heterocycles. The summed E-state index contributed by atoms with van der Waals surface area (Å²) in [4.78, 5) is 12.5. The number of nitrogens with two attached hydrogens (primary N) is 1. The predicted molar refractivity (Wildman–Crippen MR) is 83.0 cm³/mol. The number of aryl methyl sites for hydroxylation is 3. The van der Waals surface area contributed by atoms with Crippen LogP contribution in [-0.4, -0.2) is 22.2 Å². The Morgan fingerprint density at radius 1 is 1.43 bits per heavy atom. The van der Waals surface area contributed by atoms with Crippen molar-refractivity contribution in [1.82, 2.24) is 9.78 Å². The van der Waals surface area contributed by atoms with Crippen molar-refractivity contribution in [1.29, 1.82) is 0 Å². The van der Waals surface area contributed by atoms with E-state index in [1.165, 1.54) is 0 Å². The van der Waals surface area contributed by atoms with Crippen LogP contribution in [0.1, 0.15) is 27.2 Å². The van der Waals surface area contributed by atoms with Crippen molar-refractivity contribution in [2.24, 2.45) is 12.8 Å². The number of carbonyl (C=O) groups excluding carboxylic acids is 1. The van der Waals surface area contributed by atoms with Gasteiger partial charge in [-0.15, -0.1) is 0 Å². The van der Waals surface area contributed by atoms with Gasteiger partial charge in [0.05, 0.1) is 23.5 Å². The molecule has 1 aromatic carbocycles. The maximum atomic E-state index is 12.5. The number of aromatic nitrogens is 2. The van der Waals surface area contributed by atoms with E-state index in [1.54, 1.807) is 10.9 Å². The Balaban J connectivity index is 2.34. The highest BCUT2D eigenvalue weighted by Crippen LogP contribution is 2.16. The molecule has 21 heavy (non-hydrogen) atoms. The standard InChI is InChI=1S/C16H18N4O/c1-11-6-7-13(5-4-8-17)14(9-11)16(21)18-15-10-20(3)19-12(15)2/h6-7,9-10H,8,17H2,1-3H3,(H,18,21). The number of nitrogens with zero attached hydrogens (tertiary/aromatic N) is 2. The van der Waals surface area contributed by atoms with E-state index in [1.807, 2.05) is 39.1 Å². The van der Waals surface area contributed by atoms with Gasteiger partial charge in [0.15, 0.2) is 0 Å². The largest absolute Gasteiger partial charge is 0.320 e. The summed E-state index contributed by atoms with van der Waals surface area (Å²) in [6.45, 7) is 4.05. The molecule has 0 unspecified atom stereocenters. The SMILES string of the molecule is Cc1ccc(C#CCN)c(C(=O)Nc2cn(C)nc2C)c1. The Morgan fingerprint density at radius 2 is 2.19 bits per heavy atom. The second-order valence-corrected chi connectivity index (χ2v) is 4.81. The van der Waals surface area contributed by atoms with Crippen molar-refractivity contribution in [2.45, 2.75) is 13.8 Å². The Hall–Kier alpha value is -2.58. The fourth-order valence-corrected chi connectivity index (χ4v) is 2.01. The minimum atomic E-state index is -0.198. The number of hydrogen-bond donors (Lipinski definition) is 2. The second-order valence-electron chi connectivity index (χ2n) is 4.81. The minimum Gasteiger partial charge on any atom is -0.320 e. The van der Waals surface area contributed by atoms with Gasteiger partial charge in [0, 0.05) is 18.8 Å². The topological polar surface area (TPSA) is 72.9 Å². The van der Waals surface area contributed by atoms with E-state index in [-0.39, 0.29) is 12.5 Å². The first kappa shape index (κ1) is 14.8. The first-order chi connectivity index (χ1) is 10.0. The van der Waals surface area contributed by atoms with Crippen molar-refractivity contribution in [3.8, 4) is 11.8 Å². The Kier molecular flexibility index (Phi) is 4.41. The molecule has 1 heterocycles. The van der Waals surface area contributed by atoms with Crippen LogP contribution in [0.2, 0.25) is 0 Å². The molecule has 0 atom stereocenters. The average Bonchev–Trinajstić information content (AvgIpc) is 2.75. The van der Waals surface area contributed by atoms with Gasteiger partial charge < -0.3 is 11.1 Å². The Labute approximate surface area is 124 Å². The van der Waals surface area contributed by atoms with Crippen LogP contribution in [0.25, 0.3) is 0 Å². The maximum absolute atomic E-state index is 12.5. The Morgan fingerprint density at radius 3 is 2.81 bits per heavy atom. The fraction of sp³-hybridized carbons (Fsp3) is 0.250. The van der Waals surface area contributed by atoms with Crippen LogP contribution in [0.3, 0.4) is 0 Å². The molecule has 1 amide bonds. The van der Waals surface area contributed by atoms with E-state index in [4.69, 9.17) is 5.73 Å². The molecule has 0 aliphatic carbocycles. The predicted octanol–water partition coefficient (Wildman–Crippen LogP) is 1.60. The average molecular weight is 282 g/mol. The summed E-state index contributed by atoms with van der Waals surface area (Å²) in [6, 6.07) is 5.58. The summed E-state index contributed by atoms with van der Waals surface area (Å²) in [5.41, 5.74) is 9.07. The molecule has 0 aliphatic heterocycles. The smallest absolute Gasteiger partial charge is 0.257 e. The van der Waals surface area contributed by atoms with Crippen LogP contribution in [0, 0.1) is 25.7 Å². The zero-order chi connectivity index (χ0) is 15.4. The lowest BCUT2D eigenvalue weighted by Crippen LogP contribution is -2.14. The highest BCUT2D eigenvalue weighted by Gasteiger charge is 2.13. The van der Waals surface area contributed by atoms with Crippen LogP contribution in [0.5, 0.6) is 0 Å². The number of nitrogens with one attached hydrogen (secondary N) is 1. The summed E-state index contributed by atoms with van der Waals surface area (Å²) < 4.78 is 1.66. The van der Waals surface area contributed by atoms with Crippen LogP contribution in [-0.2, 0) is 7.05 Å². The molecular formula is C16H18N4O. The maximum Gasteiger partial charge on any atom is 0.257 e. The number of hydrogen-bond acceptors (Lipinski definition) is 3. The Bertz CT molecular complexity index is 734. The molecule has 5 heteroatoms. The van der Waals surface area contributed by atoms with Gasteiger partial charge in [-0.25, -0.2) is 0 Å². The lowest BCUT2D eigenvalue weighted by Gasteiger charge is -2.07. The molecule has 0 aliphatic rings. The van der Waals surface area contributed by atoms with Crippen molar-refractivity contribution >= 4 is 11.6 Å². The second kappa shape index (κ2) is 6.25. The summed E-state index contributed by atoms with van der Waals surface area (Å²) in [5.74, 6) is 5.51. The summed E-state index contributed by atoms with van der Waals surface area (Å²) in [6.07, 6.45) is 1.77. The van der Waals surface area contributed by atoms with Crippen LogP contribution >= 0.6 is 0 Å². The van der Waals surface area contributed by atoms with E-state index >= 15 is 0 Å².